The monoisotopic (exact) mass is 884 g/mol. The van der Waals surface area contributed by atoms with Gasteiger partial charge in [-0.05, 0) is 151 Å². The molecule has 1 aliphatic carbocycles. The Hall–Kier alpha value is -8.48. The summed E-state index contributed by atoms with van der Waals surface area (Å²) in [5, 5.41) is 4.65. The number of anilines is 5. The van der Waals surface area contributed by atoms with E-state index in [1.165, 1.54) is 46.2 Å². The van der Waals surface area contributed by atoms with E-state index in [1.807, 2.05) is 36.4 Å². The maximum absolute atomic E-state index is 14.4. The molecule has 0 bridgehead atoms. The zero-order chi connectivity index (χ0) is 45.8. The first-order valence-corrected chi connectivity index (χ1v) is 23.1. The second-order valence-corrected chi connectivity index (χ2v) is 17.9. The molecule has 0 fully saturated rings. The van der Waals surface area contributed by atoms with Crippen molar-refractivity contribution in [1.82, 2.24) is 9.13 Å². The summed E-state index contributed by atoms with van der Waals surface area (Å²) < 4.78 is 33.4. The van der Waals surface area contributed by atoms with Crippen LogP contribution in [0.25, 0.3) is 55.0 Å². The van der Waals surface area contributed by atoms with E-state index in [9.17, 15) is 8.78 Å². The minimum atomic E-state index is -0.274. The number of aromatic nitrogens is 2. The van der Waals surface area contributed by atoms with Crippen LogP contribution in [0.5, 0.6) is 0 Å². The number of allylic oxidation sites excluding steroid dienone is 2. The van der Waals surface area contributed by atoms with Crippen molar-refractivity contribution in [3.63, 3.8) is 0 Å². The Balaban J connectivity index is 0.858. The smallest absolute Gasteiger partial charge is 0.123 e. The van der Waals surface area contributed by atoms with E-state index in [0.717, 1.165) is 79.1 Å². The summed E-state index contributed by atoms with van der Waals surface area (Å²) in [6.45, 7) is 2.90. The van der Waals surface area contributed by atoms with Gasteiger partial charge >= 0.3 is 0 Å². The van der Waals surface area contributed by atoms with E-state index in [4.69, 9.17) is 0 Å². The van der Waals surface area contributed by atoms with Crippen molar-refractivity contribution in [3.8, 4) is 11.4 Å². The van der Waals surface area contributed by atoms with E-state index in [2.05, 4.69) is 202 Å². The summed E-state index contributed by atoms with van der Waals surface area (Å²) >= 11 is 0. The molecule has 0 N–H and O–H groups in total. The van der Waals surface area contributed by atoms with Crippen molar-refractivity contribution in [2.24, 2.45) is 0 Å². The molecule has 2 heterocycles. The summed E-state index contributed by atoms with van der Waals surface area (Å²) in [7, 11) is 0. The van der Waals surface area contributed by atoms with Gasteiger partial charge in [-0.1, -0.05) is 110 Å². The lowest BCUT2D eigenvalue weighted by Gasteiger charge is -2.32. The molecule has 328 valence electrons. The highest BCUT2D eigenvalue weighted by Gasteiger charge is 2.27. The van der Waals surface area contributed by atoms with Gasteiger partial charge in [0.2, 0.25) is 0 Å². The van der Waals surface area contributed by atoms with E-state index in [1.54, 1.807) is 0 Å². The Morgan fingerprint density at radius 1 is 0.441 bits per heavy atom. The number of rotatable bonds is 10. The highest BCUT2D eigenvalue weighted by molar-refractivity contribution is 6.11. The number of fused-ring (bicyclic) bond motifs is 6. The lowest BCUT2D eigenvalue weighted by Crippen LogP contribution is -2.24. The summed E-state index contributed by atoms with van der Waals surface area (Å²) in [5.41, 5.74) is 13.7. The molecule has 9 aromatic carbocycles. The Labute approximate surface area is 394 Å². The Kier molecular flexibility index (Phi) is 10.1. The third-order valence-corrected chi connectivity index (χ3v) is 13.7. The summed E-state index contributed by atoms with van der Waals surface area (Å²) in [6.07, 6.45) is 7.73. The van der Waals surface area contributed by atoms with Crippen LogP contribution in [0.2, 0.25) is 0 Å². The van der Waals surface area contributed by atoms with Gasteiger partial charge in [0.1, 0.15) is 11.6 Å². The largest absolute Gasteiger partial charge is 0.337 e. The second kappa shape index (κ2) is 16.7. The van der Waals surface area contributed by atoms with Crippen LogP contribution in [0, 0.1) is 11.6 Å². The van der Waals surface area contributed by atoms with Gasteiger partial charge in [0.25, 0.3) is 0 Å². The van der Waals surface area contributed by atoms with Crippen LogP contribution in [0.3, 0.4) is 0 Å². The van der Waals surface area contributed by atoms with Crippen LogP contribution < -0.4 is 9.80 Å². The first-order valence-electron chi connectivity index (χ1n) is 23.1. The van der Waals surface area contributed by atoms with Crippen LogP contribution in [-0.4, -0.2) is 15.7 Å². The van der Waals surface area contributed by atoms with Crippen LogP contribution >= 0.6 is 0 Å². The number of para-hydroxylation sites is 4. The first-order chi connectivity index (χ1) is 33.4. The fraction of sp³-hybridized carbons (Fsp3) is 0.0645. The molecule has 11 aromatic rings. The standard InChI is InChI=1S/C62H46F2N4/c1-62(38-36-43(37-39-62)42-65(47-28-22-45(63)23-29-47)52-32-34-60-56(40-52)54-16-8-10-18-58(54)67(60)48-12-4-2-5-13-48)44-20-26-50(27-21-44)66(51-30-24-46(64)25-31-51)53-33-35-61-57(41-53)55-17-9-11-19-59(55)68(61)49-14-6-3-7-15-49/h2-38,40-41H,39,42H2,1H3. The Morgan fingerprint density at radius 3 is 1.41 bits per heavy atom. The summed E-state index contributed by atoms with van der Waals surface area (Å²) in [4.78, 5) is 4.48. The Bertz CT molecular complexity index is 3700. The van der Waals surface area contributed by atoms with Crippen molar-refractivity contribution in [2.75, 3.05) is 16.3 Å². The van der Waals surface area contributed by atoms with Crippen molar-refractivity contribution < 1.29 is 8.78 Å². The molecule has 0 aliphatic heterocycles. The van der Waals surface area contributed by atoms with Gasteiger partial charge in [0.15, 0.2) is 0 Å². The molecule has 6 heteroatoms. The number of hydrogen-bond acceptors (Lipinski definition) is 2. The number of halogens is 2. The van der Waals surface area contributed by atoms with Gasteiger partial charge in [0, 0.05) is 73.3 Å². The number of nitrogens with zero attached hydrogens (tertiary/aromatic N) is 4. The average molecular weight is 885 g/mol. The van der Waals surface area contributed by atoms with Gasteiger partial charge in [-0.15, -0.1) is 0 Å². The molecule has 1 aliphatic rings. The molecule has 0 radical (unpaired) electrons. The molecule has 1 unspecified atom stereocenters. The van der Waals surface area contributed by atoms with E-state index in [-0.39, 0.29) is 17.0 Å². The molecule has 0 saturated heterocycles. The highest BCUT2D eigenvalue weighted by Crippen LogP contribution is 2.43. The molecule has 1 atom stereocenters. The van der Waals surface area contributed by atoms with Gasteiger partial charge in [0.05, 0.1) is 22.1 Å². The van der Waals surface area contributed by atoms with E-state index in [0.29, 0.717) is 6.54 Å². The van der Waals surface area contributed by atoms with Crippen LogP contribution in [0.4, 0.5) is 37.2 Å². The second-order valence-electron chi connectivity index (χ2n) is 17.9. The van der Waals surface area contributed by atoms with Crippen LogP contribution in [0.15, 0.2) is 242 Å². The molecule has 0 saturated carbocycles. The topological polar surface area (TPSA) is 16.3 Å². The normalized spacial score (nSPS) is 14.8. The molecular formula is C62H46F2N4. The third-order valence-electron chi connectivity index (χ3n) is 13.7. The van der Waals surface area contributed by atoms with Crippen molar-refractivity contribution in [1.29, 1.82) is 0 Å². The molecule has 12 rings (SSSR count). The quantitative estimate of drug-likeness (QED) is 0.136. The van der Waals surface area contributed by atoms with Crippen LogP contribution in [-0.2, 0) is 5.41 Å². The molecule has 0 spiro atoms. The number of benzene rings is 9. The van der Waals surface area contributed by atoms with Crippen molar-refractivity contribution in [2.45, 2.75) is 18.8 Å². The molecular weight excluding hydrogens is 839 g/mol. The van der Waals surface area contributed by atoms with Gasteiger partial charge in [-0.3, -0.25) is 0 Å². The minimum Gasteiger partial charge on any atom is -0.337 e. The molecule has 68 heavy (non-hydrogen) atoms. The maximum atomic E-state index is 14.4. The molecule has 2 aromatic heterocycles. The van der Waals surface area contributed by atoms with Gasteiger partial charge in [-0.2, -0.15) is 0 Å². The average Bonchev–Trinajstić information content (AvgIpc) is 3.90. The van der Waals surface area contributed by atoms with Crippen molar-refractivity contribution >= 4 is 72.0 Å². The number of hydrogen-bond donors (Lipinski definition) is 0. The maximum Gasteiger partial charge on any atom is 0.123 e. The fourth-order valence-electron chi connectivity index (χ4n) is 10.2. The zero-order valence-corrected chi connectivity index (χ0v) is 37.5. The molecule has 0 amide bonds. The fourth-order valence-corrected chi connectivity index (χ4v) is 10.2. The summed E-state index contributed by atoms with van der Waals surface area (Å²) in [6, 6.07) is 73.6. The lowest BCUT2D eigenvalue weighted by atomic mass is 9.76. The van der Waals surface area contributed by atoms with Crippen LogP contribution in [0.1, 0.15) is 18.9 Å². The lowest BCUT2D eigenvalue weighted by molar-refractivity contribution is 0.595. The molecule has 4 nitrogen and oxygen atoms in total. The predicted molar refractivity (Wildman–Crippen MR) is 279 cm³/mol. The predicted octanol–water partition coefficient (Wildman–Crippen LogP) is 16.6. The highest BCUT2D eigenvalue weighted by atomic mass is 19.1. The van der Waals surface area contributed by atoms with Gasteiger partial charge < -0.3 is 18.9 Å². The Morgan fingerprint density at radius 2 is 0.882 bits per heavy atom. The summed E-state index contributed by atoms with van der Waals surface area (Å²) in [5.74, 6) is -0.536. The zero-order valence-electron chi connectivity index (χ0n) is 37.5. The van der Waals surface area contributed by atoms with Crippen molar-refractivity contribution in [3.05, 3.63) is 259 Å². The van der Waals surface area contributed by atoms with E-state index < -0.39 is 0 Å². The SMILES string of the molecule is CC1(c2ccc(N(c3ccc(F)cc3)c3ccc4c(c3)c3ccccc3n4-c3ccccc3)cc2)C=CC(CN(c2ccc(F)cc2)c2ccc3c(c2)c2ccccc2n3-c2ccccc2)=CC1. The first kappa shape index (κ1) is 41.0. The minimum absolute atomic E-state index is 0.250. The van der Waals surface area contributed by atoms with E-state index >= 15 is 0 Å². The van der Waals surface area contributed by atoms with Gasteiger partial charge in [-0.25, -0.2) is 8.78 Å². The third kappa shape index (κ3) is 7.22.